The van der Waals surface area contributed by atoms with Crippen molar-refractivity contribution in [3.8, 4) is 17.3 Å². The van der Waals surface area contributed by atoms with Crippen molar-refractivity contribution in [1.29, 1.82) is 5.26 Å². The molecule has 0 amide bonds. The lowest BCUT2D eigenvalue weighted by molar-refractivity contribution is 0.898. The molecule has 0 aromatic heterocycles. The Labute approximate surface area is 92.9 Å². The van der Waals surface area contributed by atoms with E-state index in [2.05, 4.69) is 11.1 Å². The van der Waals surface area contributed by atoms with E-state index in [1.165, 1.54) is 0 Å². The van der Waals surface area contributed by atoms with Crippen LogP contribution in [-0.4, -0.2) is 9.55 Å². The summed E-state index contributed by atoms with van der Waals surface area (Å²) < 4.78 is 1.87. The monoisotopic (exact) mass is 207 g/mol. The van der Waals surface area contributed by atoms with E-state index < -0.39 is 0 Å². The highest BCUT2D eigenvalue weighted by Crippen LogP contribution is 2.33. The summed E-state index contributed by atoms with van der Waals surface area (Å²) in [5.41, 5.74) is 3.45. The predicted octanol–water partition coefficient (Wildman–Crippen LogP) is 2.55. The zero-order chi connectivity index (χ0) is 11.1. The minimum atomic E-state index is 0.675. The molecule has 76 valence electrons. The highest BCUT2D eigenvalue weighted by atomic mass is 14.9. The van der Waals surface area contributed by atoms with E-state index >= 15 is 0 Å². The first-order chi connectivity index (χ1) is 7.79. The van der Waals surface area contributed by atoms with Gasteiger partial charge < -0.3 is 4.57 Å². The normalized spacial score (nSPS) is 10.8. The number of hydrogen-bond acceptors (Lipinski definition) is 2. The minimum absolute atomic E-state index is 0.675. The van der Waals surface area contributed by atoms with Crippen molar-refractivity contribution in [3.05, 3.63) is 42.2 Å². The predicted molar refractivity (Wildman–Crippen MR) is 62.1 cm³/mol. The van der Waals surface area contributed by atoms with Crippen LogP contribution in [0.15, 0.2) is 36.7 Å². The van der Waals surface area contributed by atoms with Gasteiger partial charge in [-0.15, -0.1) is 0 Å². The lowest BCUT2D eigenvalue weighted by Crippen LogP contribution is -1.95. The van der Waals surface area contributed by atoms with Crippen molar-refractivity contribution in [1.82, 2.24) is 9.55 Å². The highest BCUT2D eigenvalue weighted by Gasteiger charge is 2.15. The first kappa shape index (κ1) is 8.93. The fourth-order valence-corrected chi connectivity index (χ4v) is 2.07. The van der Waals surface area contributed by atoms with Crippen LogP contribution in [0.4, 0.5) is 0 Å². The van der Waals surface area contributed by atoms with Gasteiger partial charge in [-0.1, -0.05) is 18.2 Å². The zero-order valence-corrected chi connectivity index (χ0v) is 8.81. The molecule has 2 aliphatic heterocycles. The quantitative estimate of drug-likeness (QED) is 0.568. The van der Waals surface area contributed by atoms with Crippen LogP contribution in [0.5, 0.6) is 0 Å². The number of fused-ring (bicyclic) bond motifs is 3. The van der Waals surface area contributed by atoms with Crippen LogP contribution >= 0.6 is 0 Å². The van der Waals surface area contributed by atoms with Crippen LogP contribution in [-0.2, 0) is 7.05 Å². The van der Waals surface area contributed by atoms with Crippen molar-refractivity contribution < 1.29 is 0 Å². The molecule has 1 aromatic carbocycles. The van der Waals surface area contributed by atoms with E-state index in [0.29, 0.717) is 5.56 Å². The molecule has 0 bridgehead atoms. The van der Waals surface area contributed by atoms with Gasteiger partial charge in [0.25, 0.3) is 0 Å². The van der Waals surface area contributed by atoms with E-state index in [-0.39, 0.29) is 0 Å². The summed E-state index contributed by atoms with van der Waals surface area (Å²) in [7, 11) is 1.90. The Morgan fingerprint density at radius 3 is 2.88 bits per heavy atom. The number of aromatic nitrogens is 2. The first-order valence-electron chi connectivity index (χ1n) is 5.04. The van der Waals surface area contributed by atoms with E-state index in [9.17, 15) is 0 Å². The van der Waals surface area contributed by atoms with Gasteiger partial charge in [0.2, 0.25) is 0 Å². The molecule has 3 nitrogen and oxygen atoms in total. The maximum atomic E-state index is 9.15. The van der Waals surface area contributed by atoms with Gasteiger partial charge in [0, 0.05) is 30.4 Å². The Balaban J connectivity index is 2.55. The molecular formula is C13H9N3. The molecule has 0 unspecified atom stereocenters. The molecule has 1 aromatic rings. The summed E-state index contributed by atoms with van der Waals surface area (Å²) in [5.74, 6) is 0. The molecular weight excluding hydrogens is 198 g/mol. The average Bonchev–Trinajstić information content (AvgIpc) is 2.65. The standard InChI is InChI=1S/C13H9N3/c1-16-7-9(6-14)13-10-4-2-3-5-11(10)15-12(13)8-16/h2-5,7-8H,1H3. The maximum Gasteiger partial charge on any atom is 0.101 e. The SMILES string of the molecule is Cn1cc2nc3ccccc3c-2c(C#N)c1. The molecule has 3 heteroatoms. The number of hydrogen-bond donors (Lipinski definition) is 0. The van der Waals surface area contributed by atoms with Gasteiger partial charge in [-0.25, -0.2) is 4.98 Å². The zero-order valence-electron chi connectivity index (χ0n) is 8.81. The molecule has 16 heavy (non-hydrogen) atoms. The van der Waals surface area contributed by atoms with Crippen LogP contribution in [0.2, 0.25) is 0 Å². The van der Waals surface area contributed by atoms with Gasteiger partial charge in [-0.05, 0) is 6.07 Å². The van der Waals surface area contributed by atoms with Gasteiger partial charge in [-0.2, -0.15) is 5.26 Å². The van der Waals surface area contributed by atoms with Crippen LogP contribution in [0.1, 0.15) is 5.56 Å². The number of para-hydroxylation sites is 1. The van der Waals surface area contributed by atoms with Crippen molar-refractivity contribution in [2.24, 2.45) is 7.05 Å². The number of nitriles is 1. The van der Waals surface area contributed by atoms with E-state index in [4.69, 9.17) is 5.26 Å². The van der Waals surface area contributed by atoms with Gasteiger partial charge in [0.05, 0.1) is 16.8 Å². The average molecular weight is 207 g/mol. The molecule has 0 fully saturated rings. The number of benzene rings is 1. The third-order valence-electron chi connectivity index (χ3n) is 2.72. The fourth-order valence-electron chi connectivity index (χ4n) is 2.07. The summed E-state index contributed by atoms with van der Waals surface area (Å²) in [4.78, 5) is 4.51. The van der Waals surface area contributed by atoms with Crippen molar-refractivity contribution in [2.75, 3.05) is 0 Å². The fraction of sp³-hybridized carbons (Fsp3) is 0.0769. The molecule has 2 aliphatic rings. The van der Waals surface area contributed by atoms with Crippen LogP contribution < -0.4 is 0 Å². The van der Waals surface area contributed by atoms with E-state index in [1.54, 1.807) is 0 Å². The second kappa shape index (κ2) is 3.07. The molecule has 3 rings (SSSR count). The molecule has 0 spiro atoms. The Morgan fingerprint density at radius 2 is 2.06 bits per heavy atom. The van der Waals surface area contributed by atoms with E-state index in [0.717, 1.165) is 22.2 Å². The summed E-state index contributed by atoms with van der Waals surface area (Å²) in [6, 6.07) is 10.1. The Morgan fingerprint density at radius 1 is 1.25 bits per heavy atom. The molecule has 0 N–H and O–H groups in total. The lowest BCUT2D eigenvalue weighted by atomic mass is 10.0. The largest absolute Gasteiger partial charge is 0.354 e. The second-order valence-electron chi connectivity index (χ2n) is 3.84. The molecule has 0 saturated carbocycles. The minimum Gasteiger partial charge on any atom is -0.354 e. The summed E-state index contributed by atoms with van der Waals surface area (Å²) in [6.45, 7) is 0. The molecule has 0 saturated heterocycles. The third kappa shape index (κ3) is 1.10. The smallest absolute Gasteiger partial charge is 0.101 e. The van der Waals surface area contributed by atoms with Crippen LogP contribution in [0.3, 0.4) is 0 Å². The third-order valence-corrected chi connectivity index (χ3v) is 2.72. The van der Waals surface area contributed by atoms with Crippen LogP contribution in [0, 0.1) is 11.3 Å². The van der Waals surface area contributed by atoms with Gasteiger partial charge in [0.1, 0.15) is 6.07 Å². The van der Waals surface area contributed by atoms with Gasteiger partial charge >= 0.3 is 0 Å². The molecule has 2 heterocycles. The van der Waals surface area contributed by atoms with E-state index in [1.807, 2.05) is 48.3 Å². The number of aryl methyl sites for hydroxylation is 1. The van der Waals surface area contributed by atoms with Crippen molar-refractivity contribution in [2.45, 2.75) is 0 Å². The number of rotatable bonds is 0. The Hall–Kier alpha value is -2.34. The molecule has 0 radical (unpaired) electrons. The molecule has 0 aliphatic carbocycles. The Bertz CT molecular complexity index is 688. The summed E-state index contributed by atoms with van der Waals surface area (Å²) in [6.07, 6.45) is 3.77. The molecule has 0 atom stereocenters. The summed E-state index contributed by atoms with van der Waals surface area (Å²) >= 11 is 0. The number of nitrogens with zero attached hydrogens (tertiary/aromatic N) is 3. The highest BCUT2D eigenvalue weighted by molar-refractivity contribution is 5.99. The van der Waals surface area contributed by atoms with Gasteiger partial charge in [-0.3, -0.25) is 0 Å². The first-order valence-corrected chi connectivity index (χ1v) is 5.04. The number of pyridine rings is 1. The second-order valence-corrected chi connectivity index (χ2v) is 3.84. The van der Waals surface area contributed by atoms with Crippen LogP contribution in [0.25, 0.3) is 22.2 Å². The Kier molecular flexibility index (Phi) is 1.72. The maximum absolute atomic E-state index is 9.15. The lowest BCUT2D eigenvalue weighted by Gasteiger charge is -2.04. The van der Waals surface area contributed by atoms with Crippen molar-refractivity contribution in [3.63, 3.8) is 0 Å². The topological polar surface area (TPSA) is 41.6 Å². The summed E-state index contributed by atoms with van der Waals surface area (Å²) in [5, 5.41) is 10.2. The van der Waals surface area contributed by atoms with Gasteiger partial charge in [0.15, 0.2) is 0 Å². The van der Waals surface area contributed by atoms with Crippen molar-refractivity contribution >= 4 is 10.9 Å².